The van der Waals surface area contributed by atoms with Crippen LogP contribution in [0.15, 0.2) is 60.0 Å². The fourth-order valence-electron chi connectivity index (χ4n) is 4.56. The molecule has 0 N–H and O–H groups in total. The van der Waals surface area contributed by atoms with Crippen LogP contribution >= 0.6 is 11.6 Å². The van der Waals surface area contributed by atoms with Crippen molar-refractivity contribution in [1.82, 2.24) is 19.9 Å². The number of sulfone groups is 1. The number of benzene rings is 1. The molecule has 4 rings (SSSR count). The van der Waals surface area contributed by atoms with Crippen LogP contribution in [0.4, 0.5) is 13.2 Å². The summed E-state index contributed by atoms with van der Waals surface area (Å²) in [7, 11) is 0.0421. The number of rotatable bonds is 8. The van der Waals surface area contributed by atoms with Crippen LogP contribution in [0.5, 0.6) is 11.6 Å². The van der Waals surface area contributed by atoms with E-state index in [0.717, 1.165) is 5.56 Å². The second-order valence-corrected chi connectivity index (χ2v) is 11.6. The van der Waals surface area contributed by atoms with E-state index in [9.17, 15) is 21.6 Å². The lowest BCUT2D eigenvalue weighted by atomic mass is 9.79. The number of hydrogen-bond acceptors (Lipinski definition) is 8. The molecule has 8 nitrogen and oxygen atoms in total. The van der Waals surface area contributed by atoms with Crippen LogP contribution in [-0.4, -0.2) is 60.9 Å². The van der Waals surface area contributed by atoms with E-state index in [-0.39, 0.29) is 45.4 Å². The van der Waals surface area contributed by atoms with E-state index in [0.29, 0.717) is 25.0 Å². The Morgan fingerprint density at radius 3 is 2.58 bits per heavy atom. The van der Waals surface area contributed by atoms with E-state index in [1.807, 2.05) is 19.0 Å². The van der Waals surface area contributed by atoms with Crippen molar-refractivity contribution in [3.63, 3.8) is 0 Å². The standard InChI is InChI=1S/C25H26ClF3N4O4S/c1-33(2)22-11-17(16-4-3-5-19(10-16)37-25(27,28)29)6-7-23(22)36-24-21(26)12-20(13-31-24)38(34,35)14-18-8-9-30-15-32-18/h3-5,8-10,12-13,15,17,22-23H,6-7,11,14H2,1-2H3/t17-,22-,23-/m0/s1. The maximum atomic E-state index is 12.8. The quantitative estimate of drug-likeness (QED) is 0.372. The highest BCUT2D eigenvalue weighted by Crippen LogP contribution is 2.39. The number of pyridine rings is 1. The second-order valence-electron chi connectivity index (χ2n) is 9.24. The Labute approximate surface area is 223 Å². The first kappa shape index (κ1) is 28.1. The van der Waals surface area contributed by atoms with Crippen LogP contribution in [0.25, 0.3) is 0 Å². The van der Waals surface area contributed by atoms with Gasteiger partial charge < -0.3 is 14.4 Å². The molecule has 2 heterocycles. The topological polar surface area (TPSA) is 94.5 Å². The number of likely N-dealkylation sites (N-methyl/N-ethyl adjacent to an activating group) is 1. The average Bonchev–Trinajstić information content (AvgIpc) is 2.84. The van der Waals surface area contributed by atoms with Crippen molar-refractivity contribution in [3.05, 3.63) is 71.4 Å². The van der Waals surface area contributed by atoms with Crippen molar-refractivity contribution in [2.24, 2.45) is 0 Å². The molecule has 204 valence electrons. The van der Waals surface area contributed by atoms with Gasteiger partial charge in [0.2, 0.25) is 5.88 Å². The van der Waals surface area contributed by atoms with Crippen LogP contribution in [0, 0.1) is 0 Å². The Morgan fingerprint density at radius 1 is 1.13 bits per heavy atom. The lowest BCUT2D eigenvalue weighted by Gasteiger charge is -2.39. The predicted octanol–water partition coefficient (Wildman–Crippen LogP) is 5.04. The number of alkyl halides is 3. The van der Waals surface area contributed by atoms with Crippen molar-refractivity contribution in [2.75, 3.05) is 14.1 Å². The molecule has 1 saturated carbocycles. The van der Waals surface area contributed by atoms with Crippen LogP contribution in [0.1, 0.15) is 36.4 Å². The van der Waals surface area contributed by atoms with Gasteiger partial charge in [0.15, 0.2) is 9.84 Å². The molecule has 3 aromatic rings. The zero-order valence-corrected chi connectivity index (χ0v) is 22.2. The van der Waals surface area contributed by atoms with Crippen molar-refractivity contribution >= 4 is 21.4 Å². The maximum Gasteiger partial charge on any atom is 0.573 e. The van der Waals surface area contributed by atoms with Gasteiger partial charge in [-0.1, -0.05) is 23.7 Å². The largest absolute Gasteiger partial charge is 0.573 e. The van der Waals surface area contributed by atoms with Gasteiger partial charge in [0.1, 0.15) is 23.2 Å². The lowest BCUT2D eigenvalue weighted by Crippen LogP contribution is -2.46. The van der Waals surface area contributed by atoms with Crippen LogP contribution in [0.3, 0.4) is 0 Å². The summed E-state index contributed by atoms with van der Waals surface area (Å²) in [6.45, 7) is 0. The molecule has 0 amide bonds. The van der Waals surface area contributed by atoms with Gasteiger partial charge >= 0.3 is 6.36 Å². The SMILES string of the molecule is CN(C)[C@H]1C[C@@H](c2cccc(OC(F)(F)F)c2)CC[C@@H]1Oc1ncc(S(=O)(=O)Cc2ccncn2)cc1Cl. The van der Waals surface area contributed by atoms with E-state index >= 15 is 0 Å². The van der Waals surface area contributed by atoms with E-state index in [1.165, 1.54) is 43.0 Å². The summed E-state index contributed by atoms with van der Waals surface area (Å²) in [5, 5.41) is 0.0605. The summed E-state index contributed by atoms with van der Waals surface area (Å²) in [6.07, 6.45) is 0.740. The summed E-state index contributed by atoms with van der Waals surface area (Å²) in [5.74, 6) is -0.462. The van der Waals surface area contributed by atoms with E-state index in [4.69, 9.17) is 16.3 Å². The lowest BCUT2D eigenvalue weighted by molar-refractivity contribution is -0.274. The second kappa shape index (κ2) is 11.4. The normalized spacial score (nSPS) is 20.3. The molecule has 0 radical (unpaired) electrons. The molecule has 1 fully saturated rings. The first-order valence-electron chi connectivity index (χ1n) is 11.7. The molecule has 3 atom stereocenters. The smallest absolute Gasteiger partial charge is 0.472 e. The minimum atomic E-state index is -4.76. The summed E-state index contributed by atoms with van der Waals surface area (Å²) < 4.78 is 73.8. The molecule has 0 spiro atoms. The number of ether oxygens (including phenoxy) is 2. The van der Waals surface area contributed by atoms with E-state index < -0.39 is 16.2 Å². The van der Waals surface area contributed by atoms with Crippen molar-refractivity contribution in [1.29, 1.82) is 0 Å². The molecule has 1 aliphatic rings. The maximum absolute atomic E-state index is 12.8. The van der Waals surface area contributed by atoms with Crippen LogP contribution in [0.2, 0.25) is 5.02 Å². The predicted molar refractivity (Wildman–Crippen MR) is 134 cm³/mol. The first-order valence-corrected chi connectivity index (χ1v) is 13.8. The molecule has 2 aromatic heterocycles. The minimum Gasteiger partial charge on any atom is -0.472 e. The Morgan fingerprint density at radius 2 is 1.92 bits per heavy atom. The van der Waals surface area contributed by atoms with Crippen molar-refractivity contribution in [3.8, 4) is 11.6 Å². The van der Waals surface area contributed by atoms with E-state index in [2.05, 4.69) is 19.7 Å². The summed E-state index contributed by atoms with van der Waals surface area (Å²) in [6, 6.07) is 8.77. The monoisotopic (exact) mass is 570 g/mol. The minimum absolute atomic E-state index is 0.00298. The summed E-state index contributed by atoms with van der Waals surface area (Å²) in [5.41, 5.74) is 1.10. The first-order chi connectivity index (χ1) is 17.9. The molecule has 13 heteroatoms. The molecule has 1 aliphatic carbocycles. The fourth-order valence-corrected chi connectivity index (χ4v) is 6.07. The van der Waals surface area contributed by atoms with Gasteiger partial charge in [0.25, 0.3) is 0 Å². The highest BCUT2D eigenvalue weighted by Gasteiger charge is 2.36. The highest BCUT2D eigenvalue weighted by atomic mass is 35.5. The zero-order valence-electron chi connectivity index (χ0n) is 20.6. The Hall–Kier alpha value is -2.96. The third-order valence-corrected chi connectivity index (χ3v) is 8.25. The van der Waals surface area contributed by atoms with Crippen molar-refractivity contribution in [2.45, 2.75) is 54.3 Å². The van der Waals surface area contributed by atoms with Crippen LogP contribution in [-0.2, 0) is 15.6 Å². The van der Waals surface area contributed by atoms with Gasteiger partial charge in [-0.2, -0.15) is 0 Å². The van der Waals surface area contributed by atoms with Crippen molar-refractivity contribution < 1.29 is 31.1 Å². The van der Waals surface area contributed by atoms with Gasteiger partial charge in [-0.3, -0.25) is 0 Å². The fraction of sp³-hybridized carbons (Fsp3) is 0.400. The van der Waals surface area contributed by atoms with E-state index in [1.54, 1.807) is 12.1 Å². The Bertz CT molecular complexity index is 1360. The Kier molecular flexibility index (Phi) is 8.43. The molecular weight excluding hydrogens is 545 g/mol. The number of hydrogen-bond donors (Lipinski definition) is 0. The van der Waals surface area contributed by atoms with Gasteiger partial charge in [0.05, 0.1) is 16.3 Å². The average molecular weight is 571 g/mol. The third-order valence-electron chi connectivity index (χ3n) is 6.37. The number of nitrogens with zero attached hydrogens (tertiary/aromatic N) is 4. The number of halogens is 4. The van der Waals surface area contributed by atoms with Gasteiger partial charge in [-0.05, 0) is 69.1 Å². The molecule has 0 bridgehead atoms. The molecule has 0 unspecified atom stereocenters. The van der Waals surface area contributed by atoms with Gasteiger partial charge in [-0.25, -0.2) is 23.4 Å². The summed E-state index contributed by atoms with van der Waals surface area (Å²) in [4.78, 5) is 13.9. The molecule has 0 saturated heterocycles. The third kappa shape index (κ3) is 7.12. The molecule has 38 heavy (non-hydrogen) atoms. The molecular formula is C25H26ClF3N4O4S. The summed E-state index contributed by atoms with van der Waals surface area (Å²) >= 11 is 6.38. The highest BCUT2D eigenvalue weighted by molar-refractivity contribution is 7.90. The van der Waals surface area contributed by atoms with Gasteiger partial charge in [-0.15, -0.1) is 13.2 Å². The molecule has 0 aliphatic heterocycles. The number of aromatic nitrogens is 3. The Balaban J connectivity index is 1.47. The zero-order chi connectivity index (χ0) is 27.5. The van der Waals surface area contributed by atoms with Gasteiger partial charge in [0, 0.05) is 18.4 Å². The molecule has 1 aromatic carbocycles. The van der Waals surface area contributed by atoms with Crippen LogP contribution < -0.4 is 9.47 Å².